The lowest BCUT2D eigenvalue weighted by atomic mass is 10.1. The number of nitrogen functional groups attached to an aromatic ring is 1. The van der Waals surface area contributed by atoms with Gasteiger partial charge < -0.3 is 14.8 Å². The average molecular weight is 231 g/mol. The molecule has 86 valence electrons. The van der Waals surface area contributed by atoms with Crippen LogP contribution < -0.4 is 5.73 Å². The van der Waals surface area contributed by atoms with Crippen LogP contribution in [0.4, 0.5) is 10.3 Å². The van der Waals surface area contributed by atoms with Crippen molar-refractivity contribution < 1.29 is 8.91 Å². The van der Waals surface area contributed by atoms with E-state index in [9.17, 15) is 4.39 Å². The topological polar surface area (TPSA) is 57.0 Å². The number of fused-ring (bicyclic) bond motifs is 1. The van der Waals surface area contributed by atoms with Gasteiger partial charge in [-0.25, -0.2) is 4.39 Å². The molecule has 0 unspecified atom stereocenters. The van der Waals surface area contributed by atoms with Crippen LogP contribution in [0.1, 0.15) is 0 Å². The summed E-state index contributed by atoms with van der Waals surface area (Å²) in [6.45, 7) is 0. The first-order valence-electron chi connectivity index (χ1n) is 5.12. The molecule has 2 aromatic heterocycles. The number of hydrogen-bond acceptors (Lipinski definition) is 3. The van der Waals surface area contributed by atoms with E-state index in [0.717, 1.165) is 10.9 Å². The Labute approximate surface area is 96.4 Å². The second kappa shape index (κ2) is 3.35. The first-order chi connectivity index (χ1) is 8.15. The van der Waals surface area contributed by atoms with Crippen molar-refractivity contribution in [2.75, 3.05) is 5.73 Å². The molecular formula is C12H10FN3O. The number of aryl methyl sites for hydroxylation is 1. The molecule has 0 fully saturated rings. The van der Waals surface area contributed by atoms with E-state index in [2.05, 4.69) is 5.16 Å². The third-order valence-corrected chi connectivity index (χ3v) is 2.78. The molecule has 0 radical (unpaired) electrons. The predicted molar refractivity (Wildman–Crippen MR) is 62.8 cm³/mol. The maximum Gasteiger partial charge on any atom is 0.222 e. The highest BCUT2D eigenvalue weighted by atomic mass is 19.1. The van der Waals surface area contributed by atoms with E-state index in [4.69, 9.17) is 10.3 Å². The Kier molecular flexibility index (Phi) is 1.95. The molecule has 5 heteroatoms. The third kappa shape index (κ3) is 1.47. The summed E-state index contributed by atoms with van der Waals surface area (Å²) >= 11 is 0. The molecule has 2 N–H and O–H groups in total. The number of halogens is 1. The lowest BCUT2D eigenvalue weighted by Crippen LogP contribution is -1.88. The van der Waals surface area contributed by atoms with Crippen LogP contribution in [0.3, 0.4) is 0 Å². The van der Waals surface area contributed by atoms with E-state index in [1.165, 1.54) is 12.1 Å². The van der Waals surface area contributed by atoms with Crippen molar-refractivity contribution in [1.82, 2.24) is 9.72 Å². The van der Waals surface area contributed by atoms with Crippen LogP contribution in [0.25, 0.3) is 22.2 Å². The molecule has 0 aliphatic carbocycles. The summed E-state index contributed by atoms with van der Waals surface area (Å²) in [6, 6.07) is 6.59. The summed E-state index contributed by atoms with van der Waals surface area (Å²) in [7, 11) is 1.90. The van der Waals surface area contributed by atoms with Crippen molar-refractivity contribution in [1.29, 1.82) is 0 Å². The number of rotatable bonds is 1. The highest BCUT2D eigenvalue weighted by molar-refractivity contribution is 5.85. The molecule has 3 rings (SSSR count). The van der Waals surface area contributed by atoms with Crippen LogP contribution in [-0.2, 0) is 7.05 Å². The number of nitrogens with two attached hydrogens (primary N) is 1. The summed E-state index contributed by atoms with van der Waals surface area (Å²) in [6.07, 6.45) is 1.88. The van der Waals surface area contributed by atoms with Gasteiger partial charge in [-0.2, -0.15) is 0 Å². The van der Waals surface area contributed by atoms with Gasteiger partial charge in [0.1, 0.15) is 11.5 Å². The molecule has 0 spiro atoms. The third-order valence-electron chi connectivity index (χ3n) is 2.78. The van der Waals surface area contributed by atoms with E-state index in [0.29, 0.717) is 11.3 Å². The smallest absolute Gasteiger partial charge is 0.222 e. The summed E-state index contributed by atoms with van der Waals surface area (Å²) in [5.74, 6) is -0.164. The highest BCUT2D eigenvalue weighted by Crippen LogP contribution is 2.28. The Hall–Kier alpha value is -2.30. The molecule has 0 aliphatic rings. The zero-order valence-corrected chi connectivity index (χ0v) is 9.14. The fourth-order valence-electron chi connectivity index (χ4n) is 1.90. The van der Waals surface area contributed by atoms with E-state index in [-0.39, 0.29) is 11.7 Å². The van der Waals surface area contributed by atoms with Gasteiger partial charge in [0, 0.05) is 35.8 Å². The predicted octanol–water partition coefficient (Wildman–Crippen LogP) is 2.55. The van der Waals surface area contributed by atoms with Crippen molar-refractivity contribution in [3.8, 4) is 11.3 Å². The Balaban J connectivity index is 2.28. The number of benzene rings is 1. The lowest BCUT2D eigenvalue weighted by Gasteiger charge is -2.01. The van der Waals surface area contributed by atoms with Crippen LogP contribution in [-0.4, -0.2) is 9.72 Å². The Morgan fingerprint density at radius 1 is 1.35 bits per heavy atom. The Bertz CT molecular complexity index is 699. The Morgan fingerprint density at radius 2 is 2.18 bits per heavy atom. The normalized spacial score (nSPS) is 11.2. The van der Waals surface area contributed by atoms with Crippen LogP contribution >= 0.6 is 0 Å². The summed E-state index contributed by atoms with van der Waals surface area (Å²) in [5, 5.41) is 4.57. The van der Waals surface area contributed by atoms with E-state index < -0.39 is 0 Å². The quantitative estimate of drug-likeness (QED) is 0.700. The van der Waals surface area contributed by atoms with Gasteiger partial charge in [-0.1, -0.05) is 5.16 Å². The molecule has 0 saturated carbocycles. The first kappa shape index (κ1) is 9.89. The minimum atomic E-state index is -0.336. The monoisotopic (exact) mass is 231 g/mol. The molecule has 2 heterocycles. The van der Waals surface area contributed by atoms with Crippen molar-refractivity contribution in [2.24, 2.45) is 7.05 Å². The SMILES string of the molecule is Cn1ccc2cc(F)c(-c3cc(N)on3)cc21. The van der Waals surface area contributed by atoms with Gasteiger partial charge in [0.05, 0.1) is 0 Å². The Morgan fingerprint density at radius 3 is 2.88 bits per heavy atom. The van der Waals surface area contributed by atoms with E-state index in [1.54, 1.807) is 6.07 Å². The number of aromatic nitrogens is 2. The van der Waals surface area contributed by atoms with Crippen LogP contribution in [0.5, 0.6) is 0 Å². The molecule has 4 nitrogen and oxygen atoms in total. The average Bonchev–Trinajstić information content (AvgIpc) is 2.85. The lowest BCUT2D eigenvalue weighted by molar-refractivity contribution is 0.438. The summed E-state index contributed by atoms with van der Waals surface area (Å²) in [5.41, 5.74) is 7.16. The molecule has 0 saturated heterocycles. The molecule has 1 aromatic carbocycles. The molecular weight excluding hydrogens is 221 g/mol. The standard InChI is InChI=1S/C12H10FN3O/c1-16-3-2-7-4-9(13)8(5-11(7)16)10-6-12(14)17-15-10/h2-6H,14H2,1H3. The largest absolute Gasteiger partial charge is 0.368 e. The fourth-order valence-corrected chi connectivity index (χ4v) is 1.90. The van der Waals surface area contributed by atoms with Crippen LogP contribution in [0.2, 0.25) is 0 Å². The molecule has 0 aliphatic heterocycles. The fraction of sp³-hybridized carbons (Fsp3) is 0.0833. The summed E-state index contributed by atoms with van der Waals surface area (Å²) < 4.78 is 20.6. The van der Waals surface area contributed by atoms with Gasteiger partial charge in [0.2, 0.25) is 5.88 Å². The van der Waals surface area contributed by atoms with E-state index in [1.807, 2.05) is 23.9 Å². The molecule has 17 heavy (non-hydrogen) atoms. The number of anilines is 1. The second-order valence-corrected chi connectivity index (χ2v) is 3.93. The van der Waals surface area contributed by atoms with Gasteiger partial charge in [-0.3, -0.25) is 0 Å². The first-order valence-corrected chi connectivity index (χ1v) is 5.12. The van der Waals surface area contributed by atoms with Crippen molar-refractivity contribution in [2.45, 2.75) is 0 Å². The van der Waals surface area contributed by atoms with Gasteiger partial charge in [0.25, 0.3) is 0 Å². The molecule has 3 aromatic rings. The highest BCUT2D eigenvalue weighted by Gasteiger charge is 2.12. The number of hydrogen-bond donors (Lipinski definition) is 1. The summed E-state index contributed by atoms with van der Waals surface area (Å²) in [4.78, 5) is 0. The van der Waals surface area contributed by atoms with Crippen molar-refractivity contribution in [3.05, 3.63) is 36.3 Å². The van der Waals surface area contributed by atoms with Gasteiger partial charge in [0.15, 0.2) is 0 Å². The van der Waals surface area contributed by atoms with Crippen LogP contribution in [0, 0.1) is 5.82 Å². The minimum Gasteiger partial charge on any atom is -0.368 e. The van der Waals surface area contributed by atoms with E-state index >= 15 is 0 Å². The van der Waals surface area contributed by atoms with Gasteiger partial charge in [-0.05, 0) is 18.2 Å². The van der Waals surface area contributed by atoms with Crippen molar-refractivity contribution in [3.63, 3.8) is 0 Å². The number of nitrogens with zero attached hydrogens (tertiary/aromatic N) is 2. The van der Waals surface area contributed by atoms with Crippen molar-refractivity contribution >= 4 is 16.8 Å². The molecule has 0 amide bonds. The second-order valence-electron chi connectivity index (χ2n) is 3.93. The maximum atomic E-state index is 13.9. The van der Waals surface area contributed by atoms with Gasteiger partial charge in [-0.15, -0.1) is 0 Å². The molecule has 0 bridgehead atoms. The minimum absolute atomic E-state index is 0.173. The zero-order chi connectivity index (χ0) is 12.0. The maximum absolute atomic E-state index is 13.9. The zero-order valence-electron chi connectivity index (χ0n) is 9.14. The molecule has 0 atom stereocenters. The van der Waals surface area contributed by atoms with Crippen LogP contribution in [0.15, 0.2) is 35.0 Å². The van der Waals surface area contributed by atoms with Gasteiger partial charge >= 0.3 is 0 Å².